The van der Waals surface area contributed by atoms with Gasteiger partial charge >= 0.3 is 0 Å². The van der Waals surface area contributed by atoms with Crippen LogP contribution in [0.3, 0.4) is 0 Å². The minimum absolute atomic E-state index is 0.171. The van der Waals surface area contributed by atoms with Gasteiger partial charge in [-0.2, -0.15) is 0 Å². The van der Waals surface area contributed by atoms with E-state index in [2.05, 4.69) is 11.9 Å². The van der Waals surface area contributed by atoms with Crippen molar-refractivity contribution in [2.45, 2.75) is 37.8 Å². The molecule has 1 aliphatic heterocycles. The zero-order chi connectivity index (χ0) is 13.1. The van der Waals surface area contributed by atoms with E-state index >= 15 is 0 Å². The molecule has 1 saturated heterocycles. The second-order valence-electron chi connectivity index (χ2n) is 4.67. The van der Waals surface area contributed by atoms with Gasteiger partial charge in [0.1, 0.15) is 0 Å². The minimum Gasteiger partial charge on any atom is -0.381 e. The number of piperidine rings is 1. The topological polar surface area (TPSA) is 25.4 Å². The van der Waals surface area contributed by atoms with Crippen LogP contribution >= 0.6 is 11.6 Å². The standard InChI is InChI=1S/C13H18ClFN2O/c1-9-7-11(18-2)4-6-17(9)13-12(15)10(8-14)3-5-16-13/h3,5,9,11H,4,6-8H2,1-2H3. The van der Waals surface area contributed by atoms with Gasteiger partial charge in [0.25, 0.3) is 0 Å². The summed E-state index contributed by atoms with van der Waals surface area (Å²) >= 11 is 5.72. The van der Waals surface area contributed by atoms with Crippen LogP contribution in [0, 0.1) is 5.82 Å². The zero-order valence-electron chi connectivity index (χ0n) is 10.7. The lowest BCUT2D eigenvalue weighted by molar-refractivity contribution is 0.0718. The van der Waals surface area contributed by atoms with Crippen LogP contribution in [0.15, 0.2) is 12.3 Å². The lowest BCUT2D eigenvalue weighted by atomic mass is 10.0. The van der Waals surface area contributed by atoms with Crippen LogP contribution in [0.4, 0.5) is 10.2 Å². The molecule has 0 aliphatic carbocycles. The third-order valence-electron chi connectivity index (χ3n) is 3.53. The van der Waals surface area contributed by atoms with E-state index in [9.17, 15) is 4.39 Å². The van der Waals surface area contributed by atoms with Crippen molar-refractivity contribution in [1.29, 1.82) is 0 Å². The molecule has 100 valence electrons. The molecule has 0 aromatic carbocycles. The lowest BCUT2D eigenvalue weighted by Crippen LogP contribution is -2.44. The van der Waals surface area contributed by atoms with Gasteiger partial charge in [0.05, 0.1) is 12.0 Å². The third-order valence-corrected chi connectivity index (χ3v) is 3.82. The van der Waals surface area contributed by atoms with Gasteiger partial charge in [-0.05, 0) is 25.8 Å². The van der Waals surface area contributed by atoms with Crippen molar-refractivity contribution in [3.8, 4) is 0 Å². The summed E-state index contributed by atoms with van der Waals surface area (Å²) in [5.74, 6) is 0.287. The number of aromatic nitrogens is 1. The van der Waals surface area contributed by atoms with Crippen LogP contribution in [-0.4, -0.2) is 30.8 Å². The Labute approximate surface area is 112 Å². The maximum atomic E-state index is 14.2. The lowest BCUT2D eigenvalue weighted by Gasteiger charge is -2.38. The van der Waals surface area contributed by atoms with Crippen molar-refractivity contribution in [1.82, 2.24) is 4.98 Å². The number of nitrogens with zero attached hydrogens (tertiary/aromatic N) is 2. The van der Waals surface area contributed by atoms with Crippen LogP contribution in [-0.2, 0) is 10.6 Å². The van der Waals surface area contributed by atoms with Crippen molar-refractivity contribution in [2.75, 3.05) is 18.6 Å². The van der Waals surface area contributed by atoms with E-state index in [0.29, 0.717) is 11.4 Å². The van der Waals surface area contributed by atoms with Crippen molar-refractivity contribution in [3.63, 3.8) is 0 Å². The number of alkyl halides is 1. The Kier molecular flexibility index (Phi) is 4.40. The molecule has 0 spiro atoms. The molecule has 1 aromatic rings. The molecule has 3 nitrogen and oxygen atoms in total. The molecule has 2 unspecified atom stereocenters. The molecule has 2 rings (SSSR count). The number of anilines is 1. The Morgan fingerprint density at radius 2 is 2.39 bits per heavy atom. The normalized spacial score (nSPS) is 24.3. The quantitative estimate of drug-likeness (QED) is 0.791. The summed E-state index contributed by atoms with van der Waals surface area (Å²) in [7, 11) is 1.72. The van der Waals surface area contributed by atoms with E-state index in [-0.39, 0.29) is 23.8 Å². The number of rotatable bonds is 3. The Morgan fingerprint density at radius 1 is 1.61 bits per heavy atom. The summed E-state index contributed by atoms with van der Waals surface area (Å²) < 4.78 is 19.5. The van der Waals surface area contributed by atoms with Crippen LogP contribution in [0.5, 0.6) is 0 Å². The minimum atomic E-state index is -0.296. The molecule has 18 heavy (non-hydrogen) atoms. The summed E-state index contributed by atoms with van der Waals surface area (Å²) in [6, 6.07) is 1.84. The monoisotopic (exact) mass is 272 g/mol. The average Bonchev–Trinajstić information content (AvgIpc) is 2.39. The average molecular weight is 273 g/mol. The van der Waals surface area contributed by atoms with Crippen LogP contribution in [0.1, 0.15) is 25.3 Å². The van der Waals surface area contributed by atoms with Gasteiger partial charge in [-0.15, -0.1) is 11.6 Å². The molecule has 0 saturated carbocycles. The predicted molar refractivity (Wildman–Crippen MR) is 70.6 cm³/mol. The van der Waals surface area contributed by atoms with Crippen LogP contribution in [0.25, 0.3) is 0 Å². The van der Waals surface area contributed by atoms with E-state index in [4.69, 9.17) is 16.3 Å². The molecule has 1 aromatic heterocycles. The maximum Gasteiger partial charge on any atom is 0.170 e. The van der Waals surface area contributed by atoms with Gasteiger partial charge in [0, 0.05) is 31.5 Å². The highest BCUT2D eigenvalue weighted by Crippen LogP contribution is 2.28. The van der Waals surface area contributed by atoms with Crippen molar-refractivity contribution < 1.29 is 9.13 Å². The Balaban J connectivity index is 2.22. The molecule has 0 radical (unpaired) electrons. The van der Waals surface area contributed by atoms with Gasteiger partial charge in [-0.1, -0.05) is 0 Å². The molecular formula is C13H18ClFN2O. The van der Waals surface area contributed by atoms with E-state index in [1.54, 1.807) is 19.4 Å². The molecular weight excluding hydrogens is 255 g/mol. The van der Waals surface area contributed by atoms with E-state index < -0.39 is 0 Å². The largest absolute Gasteiger partial charge is 0.381 e. The van der Waals surface area contributed by atoms with E-state index in [1.165, 1.54) is 0 Å². The van der Waals surface area contributed by atoms with E-state index in [0.717, 1.165) is 19.4 Å². The second kappa shape index (κ2) is 5.85. The van der Waals surface area contributed by atoms with Gasteiger partial charge < -0.3 is 9.64 Å². The molecule has 2 atom stereocenters. The summed E-state index contributed by atoms with van der Waals surface area (Å²) in [4.78, 5) is 6.16. The zero-order valence-corrected chi connectivity index (χ0v) is 11.5. The molecule has 0 amide bonds. The summed E-state index contributed by atoms with van der Waals surface area (Å²) in [5, 5.41) is 0. The molecule has 2 heterocycles. The summed E-state index contributed by atoms with van der Waals surface area (Å²) in [5.41, 5.74) is 0.503. The Hall–Kier alpha value is -0.870. The summed E-state index contributed by atoms with van der Waals surface area (Å²) in [6.07, 6.45) is 3.66. The number of ether oxygens (including phenoxy) is 1. The van der Waals surface area contributed by atoms with Crippen molar-refractivity contribution in [3.05, 3.63) is 23.6 Å². The fourth-order valence-electron chi connectivity index (χ4n) is 2.43. The van der Waals surface area contributed by atoms with Crippen molar-refractivity contribution >= 4 is 17.4 Å². The number of halogens is 2. The first kappa shape index (κ1) is 13.6. The van der Waals surface area contributed by atoms with Gasteiger partial charge in [0.15, 0.2) is 11.6 Å². The molecule has 0 bridgehead atoms. The van der Waals surface area contributed by atoms with E-state index in [1.807, 2.05) is 4.90 Å². The highest BCUT2D eigenvalue weighted by Gasteiger charge is 2.28. The highest BCUT2D eigenvalue weighted by atomic mass is 35.5. The van der Waals surface area contributed by atoms with Gasteiger partial charge in [-0.3, -0.25) is 0 Å². The van der Waals surface area contributed by atoms with Gasteiger partial charge in [0.2, 0.25) is 0 Å². The van der Waals surface area contributed by atoms with Gasteiger partial charge in [-0.25, -0.2) is 9.37 Å². The second-order valence-corrected chi connectivity index (χ2v) is 4.93. The number of methoxy groups -OCH3 is 1. The summed E-state index contributed by atoms with van der Waals surface area (Å²) in [6.45, 7) is 2.83. The molecule has 5 heteroatoms. The SMILES string of the molecule is COC1CCN(c2nccc(CCl)c2F)C(C)C1. The predicted octanol–water partition coefficient (Wildman–Crippen LogP) is 2.96. The first-order valence-electron chi connectivity index (χ1n) is 6.16. The first-order chi connectivity index (χ1) is 8.67. The fraction of sp³-hybridized carbons (Fsp3) is 0.615. The fourth-order valence-corrected chi connectivity index (χ4v) is 2.64. The molecule has 1 fully saturated rings. The van der Waals surface area contributed by atoms with Crippen LogP contribution < -0.4 is 4.90 Å². The molecule has 0 N–H and O–H groups in total. The smallest absolute Gasteiger partial charge is 0.170 e. The Morgan fingerprint density at radius 3 is 3.00 bits per heavy atom. The number of hydrogen-bond donors (Lipinski definition) is 0. The van der Waals surface area contributed by atoms with Crippen LogP contribution in [0.2, 0.25) is 0 Å². The number of hydrogen-bond acceptors (Lipinski definition) is 3. The van der Waals surface area contributed by atoms with Crippen molar-refractivity contribution in [2.24, 2.45) is 0 Å². The maximum absolute atomic E-state index is 14.2. The first-order valence-corrected chi connectivity index (χ1v) is 6.69. The number of pyridine rings is 1. The Bertz CT molecular complexity index is 416. The third kappa shape index (κ3) is 2.59. The highest BCUT2D eigenvalue weighted by molar-refractivity contribution is 6.17. The molecule has 1 aliphatic rings.